The summed E-state index contributed by atoms with van der Waals surface area (Å²) in [6.45, 7) is 1.81. The highest BCUT2D eigenvalue weighted by Crippen LogP contribution is 2.33. The monoisotopic (exact) mass is 1190 g/mol. The number of hydrogen-bond acceptors (Lipinski definition) is 18. The lowest BCUT2D eigenvalue weighted by Crippen LogP contribution is -2.66. The highest BCUT2D eigenvalue weighted by molar-refractivity contribution is 5.76. The average Bonchev–Trinajstić information content (AvgIpc) is 3.35. The van der Waals surface area contributed by atoms with Gasteiger partial charge in [-0.2, -0.15) is 0 Å². The molecule has 17 atom stereocenters. The lowest BCUT2D eigenvalue weighted by molar-refractivity contribution is -0.379. The summed E-state index contributed by atoms with van der Waals surface area (Å²) in [6.07, 6.45) is 22.8. The van der Waals surface area contributed by atoms with Gasteiger partial charge in [0.1, 0.15) is 73.2 Å². The third-order valence-corrected chi connectivity index (χ3v) is 17.1. The number of hydrogen-bond donors (Lipinski definition) is 12. The van der Waals surface area contributed by atoms with Crippen LogP contribution in [0.4, 0.5) is 0 Å². The number of allylic oxidation sites excluding steroid dienone is 2. The number of amides is 1. The smallest absolute Gasteiger partial charge is 0.220 e. The molecule has 3 heterocycles. The summed E-state index contributed by atoms with van der Waals surface area (Å²) in [6, 6.07) is -0.886. The van der Waals surface area contributed by atoms with Crippen LogP contribution in [0.5, 0.6) is 0 Å². The molecule has 12 N–H and O–H groups in total. The zero-order chi connectivity index (χ0) is 60.5. The first-order chi connectivity index (χ1) is 40.3. The van der Waals surface area contributed by atoms with Crippen LogP contribution in [0.2, 0.25) is 0 Å². The molecule has 0 radical (unpaired) electrons. The summed E-state index contributed by atoms with van der Waals surface area (Å²) in [7, 11) is 0. The van der Waals surface area contributed by atoms with Gasteiger partial charge in [-0.15, -0.1) is 0 Å². The van der Waals surface area contributed by atoms with Gasteiger partial charge < -0.3 is 89.9 Å². The molecule has 3 saturated heterocycles. The Balaban J connectivity index is 1.45. The van der Waals surface area contributed by atoms with E-state index in [9.17, 15) is 61.0 Å². The summed E-state index contributed by atoms with van der Waals surface area (Å²) in [5.41, 5.74) is 0. The minimum absolute atomic E-state index is 0.244. The van der Waals surface area contributed by atoms with Gasteiger partial charge >= 0.3 is 0 Å². The van der Waals surface area contributed by atoms with Crippen molar-refractivity contribution in [3.8, 4) is 0 Å². The first kappa shape index (κ1) is 75.8. The first-order valence-corrected chi connectivity index (χ1v) is 33.4. The maximum Gasteiger partial charge on any atom is 0.220 e. The fourth-order valence-corrected chi connectivity index (χ4v) is 11.6. The molecule has 3 aliphatic rings. The van der Waals surface area contributed by atoms with E-state index in [2.05, 4.69) is 31.3 Å². The maximum atomic E-state index is 13.4. The van der Waals surface area contributed by atoms with Crippen molar-refractivity contribution in [3.05, 3.63) is 12.2 Å². The second kappa shape index (κ2) is 47.5. The molecule has 490 valence electrons. The van der Waals surface area contributed by atoms with Crippen molar-refractivity contribution >= 4 is 5.91 Å². The molecule has 1 amide bonds. The first-order valence-electron chi connectivity index (χ1n) is 33.4. The zero-order valence-electron chi connectivity index (χ0n) is 51.4. The van der Waals surface area contributed by atoms with Gasteiger partial charge in [0.25, 0.3) is 0 Å². The highest BCUT2D eigenvalue weighted by atomic mass is 16.8. The molecule has 0 aromatic rings. The summed E-state index contributed by atoms with van der Waals surface area (Å²) in [4.78, 5) is 13.4. The predicted molar refractivity (Wildman–Crippen MR) is 319 cm³/mol. The Labute approximate surface area is 499 Å². The Morgan fingerprint density at radius 3 is 1.17 bits per heavy atom. The van der Waals surface area contributed by atoms with E-state index in [1.165, 1.54) is 167 Å². The van der Waals surface area contributed by atoms with Crippen LogP contribution in [0, 0.1) is 0 Å². The standard InChI is InChI=1S/C64H121NO18/c1-3-5-7-9-11-13-15-17-19-21-22-23-24-26-27-29-31-33-35-37-39-41-48(69)47(65-52(70)42-40-38-36-34-32-30-28-25-20-18-16-14-12-10-8-6-4-2)46-78-62-58(76)55(73)60(50(44-67)80-62)83-64-59(77)56(74)61(51(45-68)81-64)82-63-57(75)54(72)53(71)49(43-66)79-63/h18,20,47-51,53-64,66-69,71-77H,3-17,19,21-46H2,1-2H3,(H,65,70)/b20-18-. The molecule has 3 aliphatic heterocycles. The SMILES string of the molecule is CCCCCCCC/C=C\CCCCCCCCCC(=O)NC(COC1OC(CO)C(OC2OC(CO)C(OC3OC(CO)C(O)C(O)C3O)C(O)C2O)C(O)C1O)C(O)CCCCCCCCCCCCCCCCCCCCCCC. The minimum Gasteiger partial charge on any atom is -0.394 e. The molecule has 17 unspecified atom stereocenters. The van der Waals surface area contributed by atoms with Crippen LogP contribution in [-0.2, 0) is 33.2 Å². The Morgan fingerprint density at radius 2 is 0.759 bits per heavy atom. The molecule has 0 aromatic heterocycles. The van der Waals surface area contributed by atoms with Gasteiger partial charge in [0.05, 0.1) is 38.6 Å². The topological polar surface area (TPSA) is 307 Å². The molecular formula is C64H121NO18. The molecule has 19 nitrogen and oxygen atoms in total. The number of aliphatic hydroxyl groups excluding tert-OH is 11. The van der Waals surface area contributed by atoms with Gasteiger partial charge in [-0.05, 0) is 38.5 Å². The van der Waals surface area contributed by atoms with E-state index in [-0.39, 0.29) is 18.9 Å². The summed E-state index contributed by atoms with van der Waals surface area (Å²) in [5, 5.41) is 121. The van der Waals surface area contributed by atoms with E-state index in [4.69, 9.17) is 28.4 Å². The number of aliphatic hydroxyl groups is 11. The van der Waals surface area contributed by atoms with Crippen LogP contribution >= 0.6 is 0 Å². The summed E-state index contributed by atoms with van der Waals surface area (Å²) < 4.78 is 34.4. The molecule has 0 bridgehead atoms. The number of carbonyl (C=O) groups is 1. The molecule has 0 aliphatic carbocycles. The molecule has 0 aromatic carbocycles. The van der Waals surface area contributed by atoms with E-state index < -0.39 is 124 Å². The highest BCUT2D eigenvalue weighted by Gasteiger charge is 2.53. The third-order valence-electron chi connectivity index (χ3n) is 17.1. The van der Waals surface area contributed by atoms with Crippen LogP contribution in [0.15, 0.2) is 12.2 Å². The number of rotatable bonds is 51. The van der Waals surface area contributed by atoms with Crippen molar-refractivity contribution in [3.63, 3.8) is 0 Å². The third kappa shape index (κ3) is 30.5. The number of nitrogens with one attached hydrogen (secondary N) is 1. The normalized spacial score (nSPS) is 29.4. The number of carbonyl (C=O) groups excluding carboxylic acids is 1. The Morgan fingerprint density at radius 1 is 0.422 bits per heavy atom. The minimum atomic E-state index is -1.97. The van der Waals surface area contributed by atoms with E-state index in [0.29, 0.717) is 12.8 Å². The lowest BCUT2D eigenvalue weighted by atomic mass is 9.96. The van der Waals surface area contributed by atoms with Crippen LogP contribution < -0.4 is 5.32 Å². The fourth-order valence-electron chi connectivity index (χ4n) is 11.6. The van der Waals surface area contributed by atoms with Crippen LogP contribution in [-0.4, -0.2) is 193 Å². The van der Waals surface area contributed by atoms with Crippen molar-refractivity contribution < 1.29 is 89.4 Å². The van der Waals surface area contributed by atoms with E-state index in [1.54, 1.807) is 0 Å². The quantitative estimate of drug-likeness (QED) is 0.0205. The molecule has 19 heteroatoms. The van der Waals surface area contributed by atoms with Crippen molar-refractivity contribution in [1.29, 1.82) is 0 Å². The van der Waals surface area contributed by atoms with Gasteiger partial charge in [0, 0.05) is 6.42 Å². The largest absolute Gasteiger partial charge is 0.394 e. The van der Waals surface area contributed by atoms with E-state index in [0.717, 1.165) is 57.8 Å². The van der Waals surface area contributed by atoms with Crippen molar-refractivity contribution in [1.82, 2.24) is 5.32 Å². The summed E-state index contributed by atoms with van der Waals surface area (Å²) >= 11 is 0. The summed E-state index contributed by atoms with van der Waals surface area (Å²) in [5.74, 6) is -0.244. The van der Waals surface area contributed by atoms with E-state index >= 15 is 0 Å². The van der Waals surface area contributed by atoms with Crippen molar-refractivity contribution in [2.24, 2.45) is 0 Å². The van der Waals surface area contributed by atoms with Gasteiger partial charge in [-0.1, -0.05) is 225 Å². The molecule has 0 spiro atoms. The van der Waals surface area contributed by atoms with Gasteiger partial charge in [0.15, 0.2) is 18.9 Å². The molecule has 83 heavy (non-hydrogen) atoms. The molecule has 0 saturated carbocycles. The van der Waals surface area contributed by atoms with Crippen molar-refractivity contribution in [2.75, 3.05) is 26.4 Å². The van der Waals surface area contributed by atoms with Crippen LogP contribution in [0.25, 0.3) is 0 Å². The number of unbranched alkanes of at least 4 members (excludes halogenated alkanes) is 33. The fraction of sp³-hybridized carbons (Fsp3) is 0.953. The lowest BCUT2D eigenvalue weighted by Gasteiger charge is -2.48. The molecule has 3 fully saturated rings. The second-order valence-electron chi connectivity index (χ2n) is 24.3. The average molecular weight is 1190 g/mol. The zero-order valence-corrected chi connectivity index (χ0v) is 51.4. The second-order valence-corrected chi connectivity index (χ2v) is 24.3. The molecule has 3 rings (SSSR count). The maximum absolute atomic E-state index is 13.4. The van der Waals surface area contributed by atoms with Crippen LogP contribution in [0.3, 0.4) is 0 Å². The van der Waals surface area contributed by atoms with Gasteiger partial charge in [0.2, 0.25) is 5.91 Å². The van der Waals surface area contributed by atoms with Gasteiger partial charge in [-0.3, -0.25) is 4.79 Å². The Hall–Kier alpha value is -1.47. The predicted octanol–water partition coefficient (Wildman–Crippen LogP) is 7.72. The van der Waals surface area contributed by atoms with E-state index in [1.807, 2.05) is 0 Å². The molecular weight excluding hydrogens is 1070 g/mol. The van der Waals surface area contributed by atoms with Crippen LogP contribution in [0.1, 0.15) is 258 Å². The van der Waals surface area contributed by atoms with Crippen molar-refractivity contribution in [2.45, 2.75) is 362 Å². The Kier molecular flexibility index (Phi) is 43.4. The Bertz CT molecular complexity index is 1560. The van der Waals surface area contributed by atoms with Gasteiger partial charge in [-0.25, -0.2) is 0 Å². The number of ether oxygens (including phenoxy) is 6.